The molecule has 0 amide bonds. The zero-order chi connectivity index (χ0) is 12.3. The average molecular weight is 232 g/mol. The first-order valence-corrected chi connectivity index (χ1v) is 5.02. The van der Waals surface area contributed by atoms with Gasteiger partial charge in [-0.2, -0.15) is 5.10 Å². The molecule has 0 aliphatic carbocycles. The van der Waals surface area contributed by atoms with Crippen molar-refractivity contribution in [1.82, 2.24) is 14.8 Å². The number of nitrogens with zero attached hydrogens (tertiary/aromatic N) is 3. The van der Waals surface area contributed by atoms with Crippen molar-refractivity contribution in [2.75, 3.05) is 5.73 Å². The minimum atomic E-state index is -0.430. The number of rotatable bonds is 3. The molecule has 0 radical (unpaired) electrons. The van der Waals surface area contributed by atoms with Crippen molar-refractivity contribution in [2.24, 2.45) is 7.05 Å². The Hall–Kier alpha value is -2.37. The van der Waals surface area contributed by atoms with E-state index >= 15 is 0 Å². The lowest BCUT2D eigenvalue weighted by Crippen LogP contribution is -2.09. The number of nitrogens with two attached hydrogens (primary N) is 1. The monoisotopic (exact) mass is 232 g/mol. The third-order valence-electron chi connectivity index (χ3n) is 2.26. The summed E-state index contributed by atoms with van der Waals surface area (Å²) in [6, 6.07) is 6.63. The first-order chi connectivity index (χ1) is 8.16. The highest BCUT2D eigenvalue weighted by Gasteiger charge is 2.09. The smallest absolute Gasteiger partial charge is 0.338 e. The Kier molecular flexibility index (Phi) is 3.04. The topological polar surface area (TPSA) is 83.0 Å². The van der Waals surface area contributed by atoms with Crippen molar-refractivity contribution in [1.29, 1.82) is 0 Å². The molecule has 2 N–H and O–H groups in total. The van der Waals surface area contributed by atoms with Crippen LogP contribution in [0.25, 0.3) is 0 Å². The van der Waals surface area contributed by atoms with Crippen molar-refractivity contribution in [3.8, 4) is 0 Å². The second-order valence-electron chi connectivity index (χ2n) is 3.50. The molecule has 0 unspecified atom stereocenters. The number of hydrogen-bond acceptors (Lipinski definition) is 5. The van der Waals surface area contributed by atoms with Gasteiger partial charge < -0.3 is 10.5 Å². The van der Waals surface area contributed by atoms with Crippen LogP contribution in [0.3, 0.4) is 0 Å². The Morgan fingerprint density at radius 3 is 3.00 bits per heavy atom. The largest absolute Gasteiger partial charge is 0.454 e. The minimum Gasteiger partial charge on any atom is -0.454 e. The van der Waals surface area contributed by atoms with Gasteiger partial charge in [-0.05, 0) is 18.2 Å². The molecular formula is C11H12N4O2. The van der Waals surface area contributed by atoms with E-state index in [0.717, 1.165) is 0 Å². The summed E-state index contributed by atoms with van der Waals surface area (Å²) in [7, 11) is 1.73. The molecule has 0 atom stereocenters. The molecule has 0 fully saturated rings. The number of nitrogen functional groups attached to an aromatic ring is 1. The number of benzene rings is 1. The fourth-order valence-corrected chi connectivity index (χ4v) is 1.33. The average Bonchev–Trinajstić information content (AvgIpc) is 2.72. The molecule has 1 heterocycles. The number of carbonyl (C=O) groups is 1. The fraction of sp³-hybridized carbons (Fsp3) is 0.182. The number of carbonyl (C=O) groups excluding carboxylic acids is 1. The van der Waals surface area contributed by atoms with Crippen LogP contribution in [0.5, 0.6) is 0 Å². The van der Waals surface area contributed by atoms with E-state index in [2.05, 4.69) is 10.1 Å². The Morgan fingerprint density at radius 2 is 2.35 bits per heavy atom. The number of aromatic nitrogens is 3. The summed E-state index contributed by atoms with van der Waals surface area (Å²) in [5.74, 6) is 0.155. The summed E-state index contributed by atoms with van der Waals surface area (Å²) < 4.78 is 6.64. The maximum Gasteiger partial charge on any atom is 0.338 e. The van der Waals surface area contributed by atoms with Crippen molar-refractivity contribution in [3.63, 3.8) is 0 Å². The summed E-state index contributed by atoms with van der Waals surface area (Å²) in [5, 5.41) is 3.88. The Balaban J connectivity index is 2.01. The zero-order valence-corrected chi connectivity index (χ0v) is 9.33. The fourth-order valence-electron chi connectivity index (χ4n) is 1.33. The highest BCUT2D eigenvalue weighted by atomic mass is 16.5. The van der Waals surface area contributed by atoms with E-state index in [0.29, 0.717) is 17.1 Å². The van der Waals surface area contributed by atoms with Crippen molar-refractivity contribution in [2.45, 2.75) is 6.61 Å². The van der Waals surface area contributed by atoms with Crippen LogP contribution in [0.4, 0.5) is 5.69 Å². The van der Waals surface area contributed by atoms with Gasteiger partial charge >= 0.3 is 5.97 Å². The van der Waals surface area contributed by atoms with Gasteiger partial charge in [-0.15, -0.1) is 0 Å². The third-order valence-corrected chi connectivity index (χ3v) is 2.26. The lowest BCUT2D eigenvalue weighted by Gasteiger charge is -2.04. The van der Waals surface area contributed by atoms with Gasteiger partial charge in [-0.25, -0.2) is 9.78 Å². The first-order valence-electron chi connectivity index (χ1n) is 5.02. The summed E-state index contributed by atoms with van der Waals surface area (Å²) in [6.45, 7) is 0.0874. The van der Waals surface area contributed by atoms with Gasteiger partial charge in [0, 0.05) is 12.7 Å². The van der Waals surface area contributed by atoms with Crippen LogP contribution >= 0.6 is 0 Å². The Labute approximate surface area is 98.0 Å². The number of hydrogen-bond donors (Lipinski definition) is 1. The molecule has 0 aliphatic rings. The van der Waals surface area contributed by atoms with E-state index < -0.39 is 5.97 Å². The van der Waals surface area contributed by atoms with Gasteiger partial charge in [0.25, 0.3) is 0 Å². The van der Waals surface area contributed by atoms with E-state index in [1.54, 1.807) is 36.0 Å². The molecule has 0 spiro atoms. The molecule has 2 rings (SSSR count). The molecule has 17 heavy (non-hydrogen) atoms. The van der Waals surface area contributed by atoms with Crippen molar-refractivity contribution in [3.05, 3.63) is 42.0 Å². The summed E-state index contributed by atoms with van der Waals surface area (Å²) >= 11 is 0. The van der Waals surface area contributed by atoms with E-state index in [1.807, 2.05) is 0 Å². The quantitative estimate of drug-likeness (QED) is 0.623. The second-order valence-corrected chi connectivity index (χ2v) is 3.50. The number of esters is 1. The minimum absolute atomic E-state index is 0.0874. The van der Waals surface area contributed by atoms with Crippen molar-refractivity contribution < 1.29 is 9.53 Å². The summed E-state index contributed by atoms with van der Waals surface area (Å²) in [5.41, 5.74) is 6.53. The predicted octanol–water partition coefficient (Wildman–Crippen LogP) is 0.754. The van der Waals surface area contributed by atoms with Gasteiger partial charge in [0.05, 0.1) is 5.56 Å². The highest BCUT2D eigenvalue weighted by molar-refractivity contribution is 5.90. The SMILES string of the molecule is Cn1ncnc1COC(=O)c1cccc(N)c1. The van der Waals surface area contributed by atoms with Gasteiger partial charge in [0.15, 0.2) is 12.4 Å². The van der Waals surface area contributed by atoms with E-state index in [-0.39, 0.29) is 6.61 Å². The second kappa shape index (κ2) is 4.65. The van der Waals surface area contributed by atoms with Crippen LogP contribution in [0, 0.1) is 0 Å². The highest BCUT2D eigenvalue weighted by Crippen LogP contribution is 2.08. The van der Waals surface area contributed by atoms with Crippen LogP contribution in [-0.4, -0.2) is 20.7 Å². The maximum absolute atomic E-state index is 11.7. The molecule has 0 saturated carbocycles. The van der Waals surface area contributed by atoms with Crippen molar-refractivity contribution >= 4 is 11.7 Å². The molecule has 88 valence electrons. The number of anilines is 1. The van der Waals surface area contributed by atoms with E-state index in [9.17, 15) is 4.79 Å². The standard InChI is InChI=1S/C11H12N4O2/c1-15-10(13-7-14-15)6-17-11(16)8-3-2-4-9(12)5-8/h2-5,7H,6,12H2,1H3. The Bertz CT molecular complexity index is 536. The lowest BCUT2D eigenvalue weighted by molar-refractivity contribution is 0.0458. The lowest BCUT2D eigenvalue weighted by atomic mass is 10.2. The van der Waals surface area contributed by atoms with Gasteiger partial charge in [0.1, 0.15) is 6.33 Å². The Morgan fingerprint density at radius 1 is 1.53 bits per heavy atom. The van der Waals surface area contributed by atoms with Crippen LogP contribution in [0.2, 0.25) is 0 Å². The summed E-state index contributed by atoms with van der Waals surface area (Å²) in [6.07, 6.45) is 1.41. The van der Waals surface area contributed by atoms with Gasteiger partial charge in [-0.1, -0.05) is 6.07 Å². The van der Waals surface area contributed by atoms with E-state index in [4.69, 9.17) is 10.5 Å². The van der Waals surface area contributed by atoms with Crippen LogP contribution in [0.15, 0.2) is 30.6 Å². The number of ether oxygens (including phenoxy) is 1. The number of aryl methyl sites for hydroxylation is 1. The predicted molar refractivity (Wildman–Crippen MR) is 61.0 cm³/mol. The zero-order valence-electron chi connectivity index (χ0n) is 9.33. The molecule has 6 nitrogen and oxygen atoms in total. The maximum atomic E-state index is 11.7. The van der Waals surface area contributed by atoms with Gasteiger partial charge in [-0.3, -0.25) is 4.68 Å². The molecule has 1 aromatic carbocycles. The molecule has 0 saturated heterocycles. The molecular weight excluding hydrogens is 220 g/mol. The molecule has 2 aromatic rings. The molecule has 1 aromatic heterocycles. The molecule has 6 heteroatoms. The van der Waals surface area contributed by atoms with Gasteiger partial charge in [0.2, 0.25) is 0 Å². The van der Waals surface area contributed by atoms with Crippen LogP contribution in [0.1, 0.15) is 16.2 Å². The molecule has 0 bridgehead atoms. The van der Waals surface area contributed by atoms with E-state index in [1.165, 1.54) is 6.33 Å². The van der Waals surface area contributed by atoms with Crippen LogP contribution in [-0.2, 0) is 18.4 Å². The third kappa shape index (κ3) is 2.60. The normalized spacial score (nSPS) is 10.2. The molecule has 0 aliphatic heterocycles. The van der Waals surface area contributed by atoms with Crippen LogP contribution < -0.4 is 5.73 Å². The summed E-state index contributed by atoms with van der Waals surface area (Å²) in [4.78, 5) is 15.6. The first kappa shape index (κ1) is 11.1.